The van der Waals surface area contributed by atoms with E-state index in [1.165, 1.54) is 0 Å². The summed E-state index contributed by atoms with van der Waals surface area (Å²) in [4.78, 5) is 12.7. The summed E-state index contributed by atoms with van der Waals surface area (Å²) in [7, 11) is -3.67. The molecule has 8 heteroatoms. The van der Waals surface area contributed by atoms with Gasteiger partial charge >= 0.3 is 0 Å². The van der Waals surface area contributed by atoms with E-state index in [1.54, 1.807) is 31.2 Å². The summed E-state index contributed by atoms with van der Waals surface area (Å²) < 4.78 is 31.3. The Morgan fingerprint density at radius 3 is 2.27 bits per heavy atom. The highest BCUT2D eigenvalue weighted by Gasteiger charge is 2.30. The van der Waals surface area contributed by atoms with Crippen LogP contribution in [0.4, 0.5) is 5.69 Å². The zero-order valence-corrected chi connectivity index (χ0v) is 19.8. The number of carbonyl (C=O) groups excluding carboxylic acids is 1. The zero-order valence-electron chi connectivity index (χ0n) is 18.9. The van der Waals surface area contributed by atoms with Crippen molar-refractivity contribution in [2.75, 3.05) is 17.2 Å². The molecule has 0 heterocycles. The number of benzene rings is 1. The van der Waals surface area contributed by atoms with E-state index >= 15 is 0 Å². The second-order valence-electron chi connectivity index (χ2n) is 8.96. The highest BCUT2D eigenvalue weighted by Crippen LogP contribution is 2.36. The molecule has 7 nitrogen and oxygen atoms in total. The van der Waals surface area contributed by atoms with Gasteiger partial charge in [-0.25, -0.2) is 13.8 Å². The average molecular weight is 438 g/mol. The molecule has 1 aromatic carbocycles. The Hall–Kier alpha value is -2.09. The van der Waals surface area contributed by atoms with Crippen LogP contribution in [0.15, 0.2) is 29.4 Å². The van der Waals surface area contributed by atoms with Crippen LogP contribution in [0.1, 0.15) is 60.3 Å². The van der Waals surface area contributed by atoms with E-state index < -0.39 is 22.0 Å². The van der Waals surface area contributed by atoms with Gasteiger partial charge in [0.2, 0.25) is 10.0 Å². The third kappa shape index (κ3) is 6.45. The molecular weight excluding hydrogens is 402 g/mol. The summed E-state index contributed by atoms with van der Waals surface area (Å²) in [5.74, 6) is 0.829. The number of ether oxygens (including phenoxy) is 1. The molecule has 0 unspecified atom stereocenters. The molecule has 0 aliphatic heterocycles. The molecule has 1 fully saturated rings. The SMILES string of the molecule is CCOc1ccc(N([C@H](C)C(=O)NN=C2CCC(C(C)(C)C)CC2)S(C)(=O)=O)cc1. The maximum absolute atomic E-state index is 12.7. The van der Waals surface area contributed by atoms with Crippen molar-refractivity contribution in [3.05, 3.63) is 24.3 Å². The van der Waals surface area contributed by atoms with Gasteiger partial charge in [0.1, 0.15) is 11.8 Å². The Morgan fingerprint density at radius 2 is 1.80 bits per heavy atom. The van der Waals surface area contributed by atoms with Crippen LogP contribution < -0.4 is 14.5 Å². The summed E-state index contributed by atoms with van der Waals surface area (Å²) in [5, 5.41) is 4.29. The van der Waals surface area contributed by atoms with Gasteiger partial charge in [-0.3, -0.25) is 9.10 Å². The van der Waals surface area contributed by atoms with Gasteiger partial charge in [-0.2, -0.15) is 5.10 Å². The zero-order chi connectivity index (χ0) is 22.5. The molecule has 1 amide bonds. The fraction of sp³-hybridized carbons (Fsp3) is 0.636. The standard InChI is InChI=1S/C22H35N3O4S/c1-7-29-20-14-12-19(13-15-20)25(30(6,27)28)16(2)21(26)24-23-18-10-8-17(9-11-18)22(3,4)5/h12-17H,7-11H2,1-6H3,(H,24,26)/t16-,17?/m1/s1. The summed E-state index contributed by atoms with van der Waals surface area (Å²) >= 11 is 0. The molecule has 1 atom stereocenters. The Bertz CT molecular complexity index is 847. The number of nitrogens with one attached hydrogen (secondary N) is 1. The first-order valence-electron chi connectivity index (χ1n) is 10.5. The molecule has 1 aliphatic carbocycles. The first-order valence-corrected chi connectivity index (χ1v) is 12.4. The van der Waals surface area contributed by atoms with Crippen LogP contribution in [0.2, 0.25) is 0 Å². The lowest BCUT2D eigenvalue weighted by Gasteiger charge is -2.34. The van der Waals surface area contributed by atoms with E-state index in [2.05, 4.69) is 31.3 Å². The normalized spacial score (nSPS) is 18.5. The average Bonchev–Trinajstić information content (AvgIpc) is 2.66. The lowest BCUT2D eigenvalue weighted by atomic mass is 9.72. The van der Waals surface area contributed by atoms with Crippen molar-refractivity contribution in [2.24, 2.45) is 16.4 Å². The fourth-order valence-electron chi connectivity index (χ4n) is 3.82. The van der Waals surface area contributed by atoms with E-state index in [9.17, 15) is 13.2 Å². The van der Waals surface area contributed by atoms with Gasteiger partial charge in [0.15, 0.2) is 0 Å². The van der Waals surface area contributed by atoms with Gasteiger partial charge in [-0.15, -0.1) is 0 Å². The Kier molecular flexibility index (Phi) is 7.91. The highest BCUT2D eigenvalue weighted by molar-refractivity contribution is 7.92. The second-order valence-corrected chi connectivity index (χ2v) is 10.8. The van der Waals surface area contributed by atoms with Crippen molar-refractivity contribution in [2.45, 2.75) is 66.3 Å². The van der Waals surface area contributed by atoms with Crippen LogP contribution in [0.25, 0.3) is 0 Å². The van der Waals surface area contributed by atoms with Crippen LogP contribution in [0, 0.1) is 11.3 Å². The third-order valence-electron chi connectivity index (χ3n) is 5.60. The summed E-state index contributed by atoms with van der Waals surface area (Å²) in [6.07, 6.45) is 4.90. The Balaban J connectivity index is 2.08. The number of hydrogen-bond acceptors (Lipinski definition) is 5. The number of sulfonamides is 1. The first-order chi connectivity index (χ1) is 13.9. The molecule has 2 rings (SSSR count). The molecule has 0 saturated heterocycles. The van der Waals surface area contributed by atoms with Crippen molar-refractivity contribution in [3.8, 4) is 5.75 Å². The number of hydrogen-bond donors (Lipinski definition) is 1. The smallest absolute Gasteiger partial charge is 0.263 e. The van der Waals surface area contributed by atoms with Gasteiger partial charge in [-0.05, 0) is 75.1 Å². The van der Waals surface area contributed by atoms with E-state index in [0.717, 1.165) is 42.0 Å². The second kappa shape index (κ2) is 9.81. The van der Waals surface area contributed by atoms with Gasteiger partial charge in [0.05, 0.1) is 18.6 Å². The molecule has 30 heavy (non-hydrogen) atoms. The van der Waals surface area contributed by atoms with Crippen molar-refractivity contribution >= 4 is 27.3 Å². The van der Waals surface area contributed by atoms with Crippen molar-refractivity contribution in [3.63, 3.8) is 0 Å². The van der Waals surface area contributed by atoms with E-state index in [-0.39, 0.29) is 5.41 Å². The van der Waals surface area contributed by atoms with Crippen molar-refractivity contribution in [1.29, 1.82) is 0 Å². The third-order valence-corrected chi connectivity index (χ3v) is 6.84. The van der Waals surface area contributed by atoms with Crippen LogP contribution in [-0.4, -0.2) is 38.9 Å². The monoisotopic (exact) mass is 437 g/mol. The molecule has 1 N–H and O–H groups in total. The van der Waals surface area contributed by atoms with Gasteiger partial charge < -0.3 is 4.74 Å². The maximum Gasteiger partial charge on any atom is 0.263 e. The molecule has 1 saturated carbocycles. The minimum absolute atomic E-state index is 0.275. The predicted octanol–water partition coefficient (Wildman–Crippen LogP) is 3.95. The van der Waals surface area contributed by atoms with Crippen molar-refractivity contribution in [1.82, 2.24) is 5.43 Å². The molecular formula is C22H35N3O4S. The van der Waals surface area contributed by atoms with E-state index in [1.807, 2.05) is 6.92 Å². The van der Waals surface area contributed by atoms with E-state index in [4.69, 9.17) is 4.74 Å². The largest absolute Gasteiger partial charge is 0.494 e. The quantitative estimate of drug-likeness (QED) is 0.654. The summed E-state index contributed by atoms with van der Waals surface area (Å²) in [6, 6.07) is 5.71. The van der Waals surface area contributed by atoms with Crippen molar-refractivity contribution < 1.29 is 17.9 Å². The minimum atomic E-state index is -3.67. The first kappa shape index (κ1) is 24.2. The van der Waals surface area contributed by atoms with Gasteiger partial charge in [0.25, 0.3) is 5.91 Å². The lowest BCUT2D eigenvalue weighted by molar-refractivity contribution is -0.121. The molecule has 1 aromatic rings. The number of rotatable bonds is 7. The molecule has 1 aliphatic rings. The number of amides is 1. The minimum Gasteiger partial charge on any atom is -0.494 e. The van der Waals surface area contributed by atoms with Crippen LogP contribution in [-0.2, 0) is 14.8 Å². The van der Waals surface area contributed by atoms with E-state index in [0.29, 0.717) is 24.0 Å². The number of anilines is 1. The summed E-state index contributed by atoms with van der Waals surface area (Å²) in [6.45, 7) is 10.7. The molecule has 0 aromatic heterocycles. The topological polar surface area (TPSA) is 88.1 Å². The lowest BCUT2D eigenvalue weighted by Crippen LogP contribution is -2.47. The molecule has 0 bridgehead atoms. The highest BCUT2D eigenvalue weighted by atomic mass is 32.2. The number of carbonyl (C=O) groups is 1. The molecule has 168 valence electrons. The Labute approximate surface area is 180 Å². The maximum atomic E-state index is 12.7. The van der Waals surface area contributed by atoms with Crippen LogP contribution in [0.5, 0.6) is 5.75 Å². The summed E-state index contributed by atoms with van der Waals surface area (Å²) in [5.41, 5.74) is 4.22. The Morgan fingerprint density at radius 1 is 1.23 bits per heavy atom. The van der Waals surface area contributed by atoms with Crippen LogP contribution in [0.3, 0.4) is 0 Å². The fourth-order valence-corrected chi connectivity index (χ4v) is 5.00. The molecule has 0 spiro atoms. The van der Waals surface area contributed by atoms with Gasteiger partial charge in [0, 0.05) is 5.71 Å². The van der Waals surface area contributed by atoms with Crippen LogP contribution >= 0.6 is 0 Å². The number of nitrogens with zero attached hydrogens (tertiary/aromatic N) is 2. The number of hydrazone groups is 1. The predicted molar refractivity (Wildman–Crippen MR) is 121 cm³/mol. The molecule has 0 radical (unpaired) electrons. The van der Waals surface area contributed by atoms with Gasteiger partial charge in [-0.1, -0.05) is 20.8 Å².